The van der Waals surface area contributed by atoms with Crippen LogP contribution in [0.1, 0.15) is 0 Å². The van der Waals surface area contributed by atoms with E-state index in [0.717, 1.165) is 4.67 Å². The van der Waals surface area contributed by atoms with Crippen molar-refractivity contribution in [1.29, 1.82) is 0 Å². The summed E-state index contributed by atoms with van der Waals surface area (Å²) in [4.78, 5) is 0. The Labute approximate surface area is 44.1 Å². The molecule has 0 saturated heterocycles. The summed E-state index contributed by atoms with van der Waals surface area (Å²) in [6.45, 7) is 0. The average Bonchev–Trinajstić information content (AvgIpc) is 1.86. The fourth-order valence-electron chi connectivity index (χ4n) is 0.224. The Morgan fingerprint density at radius 2 is 2.67 bits per heavy atom. The largest absolute Gasteiger partial charge is 0.457 e. The lowest BCUT2D eigenvalue weighted by atomic mass is 10.7. The molecule has 0 atom stereocenters. The summed E-state index contributed by atoms with van der Waals surface area (Å²) in [6.07, 6.45) is 1.49. The van der Waals surface area contributed by atoms with E-state index < -0.39 is 0 Å². The molecule has 1 heterocycles. The van der Waals surface area contributed by atoms with Gasteiger partial charge in [0.2, 0.25) is 0 Å². The molecule has 2 heteroatoms. The minimum atomic E-state index is 0.725. The molecule has 0 bridgehead atoms. The van der Waals surface area contributed by atoms with Crippen molar-refractivity contribution in [3.63, 3.8) is 0 Å². The molecule has 1 aromatic heterocycles. The highest BCUT2D eigenvalue weighted by molar-refractivity contribution is 9.10. The van der Waals surface area contributed by atoms with Crippen molar-refractivity contribution in [3.05, 3.63) is 23.1 Å². The van der Waals surface area contributed by atoms with Gasteiger partial charge in [-0.3, -0.25) is 0 Å². The molecular formula is C4H2BrO. The molecule has 6 heavy (non-hydrogen) atoms. The van der Waals surface area contributed by atoms with Gasteiger partial charge in [-0.2, -0.15) is 0 Å². The highest BCUT2D eigenvalue weighted by Gasteiger charge is 1.79. The normalized spacial score (nSPS) is 8.83. The van der Waals surface area contributed by atoms with Gasteiger partial charge in [0.15, 0.2) is 4.67 Å². The lowest BCUT2D eigenvalue weighted by Gasteiger charge is -1.65. The Kier molecular flexibility index (Phi) is 0.965. The van der Waals surface area contributed by atoms with Crippen molar-refractivity contribution in [2.75, 3.05) is 0 Å². The second kappa shape index (κ2) is 1.47. The quantitative estimate of drug-likeness (QED) is 0.544. The zero-order chi connectivity index (χ0) is 4.41. The minimum Gasteiger partial charge on any atom is -0.457 e. The fourth-order valence-corrected chi connectivity index (χ4v) is 0.449. The summed E-state index contributed by atoms with van der Waals surface area (Å²) in [6, 6.07) is 4.42. The highest BCUT2D eigenvalue weighted by atomic mass is 79.9. The SMILES string of the molecule is Brc1c[c]co1. The Morgan fingerprint density at radius 3 is 2.83 bits per heavy atom. The summed E-state index contributed by atoms with van der Waals surface area (Å²) in [5, 5.41) is 0. The molecule has 0 amide bonds. The first-order valence-electron chi connectivity index (χ1n) is 1.49. The maximum Gasteiger partial charge on any atom is 0.169 e. The van der Waals surface area contributed by atoms with Crippen molar-refractivity contribution in [1.82, 2.24) is 0 Å². The van der Waals surface area contributed by atoms with Crippen molar-refractivity contribution in [2.45, 2.75) is 0 Å². The van der Waals surface area contributed by atoms with Crippen LogP contribution in [0.15, 0.2) is 21.4 Å². The van der Waals surface area contributed by atoms with Crippen LogP contribution >= 0.6 is 15.9 Å². The van der Waals surface area contributed by atoms with Crippen molar-refractivity contribution >= 4 is 15.9 Å². The van der Waals surface area contributed by atoms with E-state index in [1.54, 1.807) is 6.07 Å². The summed E-state index contributed by atoms with van der Waals surface area (Å²) in [5.74, 6) is 0. The maximum absolute atomic E-state index is 4.69. The van der Waals surface area contributed by atoms with Crippen LogP contribution in [0.4, 0.5) is 0 Å². The van der Waals surface area contributed by atoms with E-state index in [2.05, 4.69) is 22.0 Å². The van der Waals surface area contributed by atoms with Crippen LogP contribution in [0.25, 0.3) is 0 Å². The summed E-state index contributed by atoms with van der Waals surface area (Å²) in [7, 11) is 0. The van der Waals surface area contributed by atoms with Gasteiger partial charge in [0.05, 0.1) is 6.26 Å². The monoisotopic (exact) mass is 145 g/mol. The first-order valence-corrected chi connectivity index (χ1v) is 2.29. The number of hydrogen-bond acceptors (Lipinski definition) is 1. The van der Waals surface area contributed by atoms with Crippen LogP contribution in [-0.4, -0.2) is 0 Å². The Bertz CT molecular complexity index is 111. The predicted octanol–water partition coefficient (Wildman–Crippen LogP) is 1.84. The molecule has 0 spiro atoms. The van der Waals surface area contributed by atoms with Crippen LogP contribution in [0.3, 0.4) is 0 Å². The third-order valence-electron chi connectivity index (χ3n) is 0.436. The average molecular weight is 146 g/mol. The number of furan rings is 1. The molecule has 0 aliphatic heterocycles. The van der Waals surface area contributed by atoms with Gasteiger partial charge < -0.3 is 4.42 Å². The second-order valence-electron chi connectivity index (χ2n) is 0.851. The van der Waals surface area contributed by atoms with Crippen LogP contribution in [-0.2, 0) is 0 Å². The van der Waals surface area contributed by atoms with Gasteiger partial charge in [0.25, 0.3) is 0 Å². The first kappa shape index (κ1) is 3.93. The highest BCUT2D eigenvalue weighted by Crippen LogP contribution is 2.06. The summed E-state index contributed by atoms with van der Waals surface area (Å²) >= 11 is 3.08. The molecule has 0 unspecified atom stereocenters. The fraction of sp³-hybridized carbons (Fsp3) is 0. The van der Waals surface area contributed by atoms with Gasteiger partial charge in [0, 0.05) is 6.07 Å². The second-order valence-corrected chi connectivity index (χ2v) is 1.63. The predicted molar refractivity (Wildman–Crippen MR) is 25.2 cm³/mol. The van der Waals surface area contributed by atoms with Crippen LogP contribution in [0, 0.1) is 6.07 Å². The summed E-state index contributed by atoms with van der Waals surface area (Å²) in [5.41, 5.74) is 0. The first-order chi connectivity index (χ1) is 2.89. The molecule has 1 aromatic rings. The van der Waals surface area contributed by atoms with E-state index in [1.807, 2.05) is 0 Å². The van der Waals surface area contributed by atoms with E-state index >= 15 is 0 Å². The Balaban J connectivity index is 3.05. The van der Waals surface area contributed by atoms with E-state index in [4.69, 9.17) is 4.42 Å². The molecule has 0 saturated carbocycles. The molecule has 0 aromatic carbocycles. The molecular weight excluding hydrogens is 144 g/mol. The minimum absolute atomic E-state index is 0.725. The third kappa shape index (κ3) is 0.627. The van der Waals surface area contributed by atoms with Crippen molar-refractivity contribution in [2.24, 2.45) is 0 Å². The van der Waals surface area contributed by atoms with E-state index in [1.165, 1.54) is 6.26 Å². The van der Waals surface area contributed by atoms with Crippen LogP contribution < -0.4 is 0 Å². The molecule has 0 aliphatic carbocycles. The van der Waals surface area contributed by atoms with E-state index in [0.29, 0.717) is 0 Å². The van der Waals surface area contributed by atoms with Gasteiger partial charge in [-0.25, -0.2) is 0 Å². The Morgan fingerprint density at radius 1 is 1.83 bits per heavy atom. The molecule has 0 N–H and O–H groups in total. The molecule has 1 rings (SSSR count). The van der Waals surface area contributed by atoms with Crippen LogP contribution in [0.5, 0.6) is 0 Å². The van der Waals surface area contributed by atoms with Gasteiger partial charge >= 0.3 is 0 Å². The summed E-state index contributed by atoms with van der Waals surface area (Å²) < 4.78 is 5.42. The topological polar surface area (TPSA) is 13.1 Å². The Hall–Kier alpha value is -0.240. The molecule has 1 radical (unpaired) electrons. The molecule has 1 nitrogen and oxygen atoms in total. The van der Waals surface area contributed by atoms with Gasteiger partial charge in [-0.15, -0.1) is 0 Å². The molecule has 31 valence electrons. The van der Waals surface area contributed by atoms with Gasteiger partial charge in [-0.1, -0.05) is 0 Å². The molecule has 0 fully saturated rings. The zero-order valence-electron chi connectivity index (χ0n) is 2.94. The molecule has 0 aliphatic rings. The number of rotatable bonds is 0. The number of halogens is 1. The van der Waals surface area contributed by atoms with E-state index in [9.17, 15) is 0 Å². The standard InChI is InChI=1S/C4H2BrO/c5-4-2-1-3-6-4/h2-3H. The zero-order valence-corrected chi connectivity index (χ0v) is 4.53. The lowest BCUT2D eigenvalue weighted by Crippen LogP contribution is -1.35. The van der Waals surface area contributed by atoms with Gasteiger partial charge in [-0.05, 0) is 22.0 Å². The number of hydrogen-bond donors (Lipinski definition) is 0. The van der Waals surface area contributed by atoms with Crippen molar-refractivity contribution < 1.29 is 4.42 Å². The maximum atomic E-state index is 4.69. The lowest BCUT2D eigenvalue weighted by molar-refractivity contribution is 0.541. The van der Waals surface area contributed by atoms with Crippen molar-refractivity contribution in [3.8, 4) is 0 Å². The van der Waals surface area contributed by atoms with Crippen LogP contribution in [0.2, 0.25) is 0 Å². The van der Waals surface area contributed by atoms with Gasteiger partial charge in [0.1, 0.15) is 0 Å². The van der Waals surface area contributed by atoms with E-state index in [-0.39, 0.29) is 0 Å². The third-order valence-corrected chi connectivity index (χ3v) is 0.852. The smallest absolute Gasteiger partial charge is 0.169 e.